The lowest BCUT2D eigenvalue weighted by Gasteiger charge is -2.18. The van der Waals surface area contributed by atoms with Gasteiger partial charge in [-0.25, -0.2) is 13.2 Å². The first kappa shape index (κ1) is 15.5. The molecule has 1 N–H and O–H groups in total. The third kappa shape index (κ3) is 2.93. The average Bonchev–Trinajstić information content (AvgIpc) is 2.82. The van der Waals surface area contributed by atoms with Crippen LogP contribution in [0.3, 0.4) is 0 Å². The number of thiophene rings is 1. The Labute approximate surface area is 127 Å². The fourth-order valence-corrected chi connectivity index (χ4v) is 4.57. The van der Waals surface area contributed by atoms with Gasteiger partial charge < -0.3 is 5.11 Å². The maximum Gasteiger partial charge on any atom is 0.346 e. The summed E-state index contributed by atoms with van der Waals surface area (Å²) in [7, 11) is -2.30. The van der Waals surface area contributed by atoms with Crippen molar-refractivity contribution in [3.8, 4) is 0 Å². The minimum Gasteiger partial charge on any atom is -0.477 e. The Kier molecular flexibility index (Phi) is 4.06. The van der Waals surface area contributed by atoms with Crippen LogP contribution >= 0.6 is 11.3 Å². The van der Waals surface area contributed by atoms with Crippen molar-refractivity contribution in [2.45, 2.75) is 18.1 Å². The fourth-order valence-electron chi connectivity index (χ4n) is 1.82. The highest BCUT2D eigenvalue weighted by molar-refractivity contribution is 7.94. The van der Waals surface area contributed by atoms with Crippen LogP contribution in [-0.4, -0.2) is 26.5 Å². The molecule has 1 aromatic carbocycles. The number of carboxylic acid groups (broad SMARTS) is 1. The minimum absolute atomic E-state index is 0.0282. The Balaban J connectivity index is 2.44. The molecule has 0 aliphatic rings. The first-order chi connectivity index (χ1) is 9.73. The third-order valence-electron chi connectivity index (χ3n) is 3.10. The molecule has 0 amide bonds. The van der Waals surface area contributed by atoms with Gasteiger partial charge in [0, 0.05) is 7.05 Å². The van der Waals surface area contributed by atoms with Crippen molar-refractivity contribution in [3.63, 3.8) is 0 Å². The summed E-state index contributed by atoms with van der Waals surface area (Å²) < 4.78 is 26.3. The monoisotopic (exact) mass is 325 g/mol. The van der Waals surface area contributed by atoms with E-state index in [0.717, 1.165) is 21.2 Å². The van der Waals surface area contributed by atoms with Crippen molar-refractivity contribution in [1.29, 1.82) is 0 Å². The molecule has 2 aromatic rings. The average molecular weight is 325 g/mol. The zero-order chi connectivity index (χ0) is 15.8. The van der Waals surface area contributed by atoms with Crippen LogP contribution in [0, 0.1) is 13.8 Å². The van der Waals surface area contributed by atoms with Gasteiger partial charge in [0.1, 0.15) is 9.09 Å². The van der Waals surface area contributed by atoms with Gasteiger partial charge in [-0.15, -0.1) is 11.3 Å². The van der Waals surface area contributed by atoms with Gasteiger partial charge in [0.15, 0.2) is 0 Å². The van der Waals surface area contributed by atoms with E-state index in [0.29, 0.717) is 11.3 Å². The summed E-state index contributed by atoms with van der Waals surface area (Å²) in [5.74, 6) is -1.11. The van der Waals surface area contributed by atoms with Gasteiger partial charge in [0.2, 0.25) is 0 Å². The van der Waals surface area contributed by atoms with Gasteiger partial charge in [0.25, 0.3) is 10.0 Å². The zero-order valence-corrected chi connectivity index (χ0v) is 13.5. The highest BCUT2D eigenvalue weighted by Crippen LogP contribution is 2.30. The summed E-state index contributed by atoms with van der Waals surface area (Å²) in [6.07, 6.45) is 0. The molecule has 0 saturated heterocycles. The largest absolute Gasteiger partial charge is 0.477 e. The maximum absolute atomic E-state index is 12.5. The van der Waals surface area contributed by atoms with Crippen LogP contribution in [0.15, 0.2) is 34.5 Å². The molecule has 0 aliphatic carbocycles. The summed E-state index contributed by atoms with van der Waals surface area (Å²) in [4.78, 5) is 11.1. The number of carboxylic acids is 1. The number of rotatable bonds is 4. The minimum atomic E-state index is -3.75. The second-order valence-electron chi connectivity index (χ2n) is 4.69. The number of benzene rings is 1. The second-order valence-corrected chi connectivity index (χ2v) is 7.94. The standard InChI is InChI=1S/C14H15NO4S2/c1-9-4-6-11(7-5-9)15(3)21(18,19)12-8-10(2)13(20-12)14(16)17/h4-8H,1-3H3,(H,16,17). The number of carbonyl (C=O) groups is 1. The molecule has 0 saturated carbocycles. The lowest BCUT2D eigenvalue weighted by Crippen LogP contribution is -2.25. The fraction of sp³-hybridized carbons (Fsp3) is 0.214. The SMILES string of the molecule is Cc1ccc(N(C)S(=O)(=O)c2cc(C)c(C(=O)O)s2)cc1. The quantitative estimate of drug-likeness (QED) is 0.938. The first-order valence-electron chi connectivity index (χ1n) is 6.13. The molecule has 5 nitrogen and oxygen atoms in total. The van der Waals surface area contributed by atoms with Crippen molar-refractivity contribution < 1.29 is 18.3 Å². The molecule has 0 fully saturated rings. The molecule has 0 spiro atoms. The van der Waals surface area contributed by atoms with Crippen molar-refractivity contribution in [3.05, 3.63) is 46.3 Å². The van der Waals surface area contributed by atoms with Gasteiger partial charge >= 0.3 is 5.97 Å². The van der Waals surface area contributed by atoms with E-state index in [9.17, 15) is 13.2 Å². The van der Waals surface area contributed by atoms with Gasteiger partial charge in [-0.3, -0.25) is 4.31 Å². The van der Waals surface area contributed by atoms with Crippen molar-refractivity contribution in [1.82, 2.24) is 0 Å². The molecule has 0 aliphatic heterocycles. The summed E-state index contributed by atoms with van der Waals surface area (Å²) >= 11 is 0.772. The number of nitrogens with zero attached hydrogens (tertiary/aromatic N) is 1. The van der Waals surface area contributed by atoms with Crippen LogP contribution in [-0.2, 0) is 10.0 Å². The number of sulfonamides is 1. The predicted octanol–water partition coefficient (Wildman–Crippen LogP) is 2.89. The second kappa shape index (κ2) is 5.50. The molecule has 2 rings (SSSR count). The van der Waals surface area contributed by atoms with E-state index in [1.165, 1.54) is 13.1 Å². The van der Waals surface area contributed by atoms with Crippen LogP contribution in [0.25, 0.3) is 0 Å². The summed E-state index contributed by atoms with van der Waals surface area (Å²) in [5.41, 5.74) is 2.01. The predicted molar refractivity (Wildman–Crippen MR) is 82.8 cm³/mol. The highest BCUT2D eigenvalue weighted by Gasteiger charge is 2.26. The maximum atomic E-state index is 12.5. The van der Waals surface area contributed by atoms with Crippen LogP contribution in [0.1, 0.15) is 20.8 Å². The van der Waals surface area contributed by atoms with Crippen molar-refractivity contribution >= 4 is 33.0 Å². The molecular weight excluding hydrogens is 310 g/mol. The zero-order valence-electron chi connectivity index (χ0n) is 11.8. The summed E-state index contributed by atoms with van der Waals surface area (Å²) in [5, 5.41) is 9.03. The van der Waals surface area contributed by atoms with Gasteiger partial charge in [0.05, 0.1) is 5.69 Å². The van der Waals surface area contributed by atoms with Gasteiger partial charge in [-0.1, -0.05) is 17.7 Å². The summed E-state index contributed by atoms with van der Waals surface area (Å²) in [6, 6.07) is 8.47. The lowest BCUT2D eigenvalue weighted by molar-refractivity contribution is 0.0701. The van der Waals surface area contributed by atoms with Crippen molar-refractivity contribution in [2.24, 2.45) is 0 Å². The topological polar surface area (TPSA) is 74.7 Å². The first-order valence-corrected chi connectivity index (χ1v) is 8.38. The Morgan fingerprint density at radius 2 is 1.76 bits per heavy atom. The van der Waals surface area contributed by atoms with Gasteiger partial charge in [-0.2, -0.15) is 0 Å². The van der Waals surface area contributed by atoms with E-state index in [2.05, 4.69) is 0 Å². The smallest absolute Gasteiger partial charge is 0.346 e. The molecule has 21 heavy (non-hydrogen) atoms. The van der Waals surface area contributed by atoms with E-state index < -0.39 is 16.0 Å². The van der Waals surface area contributed by atoms with E-state index >= 15 is 0 Å². The molecule has 0 atom stereocenters. The summed E-state index contributed by atoms with van der Waals surface area (Å²) in [6.45, 7) is 3.50. The number of anilines is 1. The molecule has 7 heteroatoms. The molecule has 1 aromatic heterocycles. The molecule has 0 bridgehead atoms. The Morgan fingerprint density at radius 3 is 2.24 bits per heavy atom. The van der Waals surface area contributed by atoms with E-state index in [4.69, 9.17) is 5.11 Å². The van der Waals surface area contributed by atoms with Crippen LogP contribution in [0.2, 0.25) is 0 Å². The molecule has 0 unspecified atom stereocenters. The van der Waals surface area contributed by atoms with Crippen LogP contribution < -0.4 is 4.31 Å². The number of aryl methyl sites for hydroxylation is 2. The van der Waals surface area contributed by atoms with Gasteiger partial charge in [-0.05, 0) is 37.6 Å². The molecule has 1 heterocycles. The van der Waals surface area contributed by atoms with E-state index in [1.807, 2.05) is 19.1 Å². The molecular formula is C14H15NO4S2. The number of aromatic carboxylic acids is 1. The lowest BCUT2D eigenvalue weighted by atomic mass is 10.2. The molecule has 0 radical (unpaired) electrons. The normalized spacial score (nSPS) is 11.4. The Morgan fingerprint density at radius 1 is 1.19 bits per heavy atom. The van der Waals surface area contributed by atoms with Crippen LogP contribution in [0.4, 0.5) is 5.69 Å². The number of hydrogen-bond donors (Lipinski definition) is 1. The van der Waals surface area contributed by atoms with Crippen LogP contribution in [0.5, 0.6) is 0 Å². The Bertz CT molecular complexity index is 776. The Hall–Kier alpha value is -1.86. The van der Waals surface area contributed by atoms with E-state index in [-0.39, 0.29) is 9.09 Å². The number of hydrogen-bond acceptors (Lipinski definition) is 4. The van der Waals surface area contributed by atoms with Crippen molar-refractivity contribution in [2.75, 3.05) is 11.4 Å². The highest BCUT2D eigenvalue weighted by atomic mass is 32.2. The molecule has 112 valence electrons. The van der Waals surface area contributed by atoms with E-state index in [1.54, 1.807) is 19.1 Å². The third-order valence-corrected chi connectivity index (χ3v) is 6.56.